The molecule has 0 saturated carbocycles. The number of ether oxygens (including phenoxy) is 2. The fourth-order valence-corrected chi connectivity index (χ4v) is 1.68. The second-order valence-corrected chi connectivity index (χ2v) is 4.14. The van der Waals surface area contributed by atoms with Crippen LogP contribution in [0.2, 0.25) is 0 Å². The van der Waals surface area contributed by atoms with Crippen molar-refractivity contribution in [1.82, 2.24) is 0 Å². The molecule has 100 valence electrons. The number of carbonyl (C=O) groups excluding carboxylic acids is 1. The van der Waals surface area contributed by atoms with Crippen LogP contribution in [0.3, 0.4) is 0 Å². The average Bonchev–Trinajstić information content (AvgIpc) is 2.39. The van der Waals surface area contributed by atoms with Crippen LogP contribution in [0.25, 0.3) is 0 Å². The maximum absolute atomic E-state index is 11.7. The lowest BCUT2D eigenvalue weighted by Gasteiger charge is -2.11. The number of hydrogen-bond acceptors (Lipinski definition) is 3. The molecular formula is C13H18ClNO3. The summed E-state index contributed by atoms with van der Waals surface area (Å²) >= 11 is 5.56. The van der Waals surface area contributed by atoms with Gasteiger partial charge in [-0.1, -0.05) is 0 Å². The molecule has 0 bridgehead atoms. The number of methoxy groups -OCH3 is 2. The largest absolute Gasteiger partial charge is 0.497 e. The maximum Gasteiger partial charge on any atom is 0.224 e. The summed E-state index contributed by atoms with van der Waals surface area (Å²) < 4.78 is 10.3. The molecule has 0 aliphatic carbocycles. The lowest BCUT2D eigenvalue weighted by atomic mass is 10.2. The number of amides is 1. The van der Waals surface area contributed by atoms with Crippen LogP contribution in [0.5, 0.6) is 11.5 Å². The number of benzene rings is 1. The Labute approximate surface area is 112 Å². The number of nitrogens with one attached hydrogen (secondary N) is 1. The van der Waals surface area contributed by atoms with Crippen molar-refractivity contribution < 1.29 is 14.3 Å². The van der Waals surface area contributed by atoms with Crippen LogP contribution >= 0.6 is 11.6 Å². The summed E-state index contributed by atoms with van der Waals surface area (Å²) in [5, 5.41) is 2.81. The van der Waals surface area contributed by atoms with Crippen molar-refractivity contribution in [2.24, 2.45) is 0 Å². The summed E-state index contributed by atoms with van der Waals surface area (Å²) in [6.07, 6.45) is 2.09. The highest BCUT2D eigenvalue weighted by Crippen LogP contribution is 2.29. The van der Waals surface area contributed by atoms with Crippen molar-refractivity contribution in [1.29, 1.82) is 0 Å². The van der Waals surface area contributed by atoms with E-state index in [0.29, 0.717) is 29.5 Å². The monoisotopic (exact) mass is 271 g/mol. The van der Waals surface area contributed by atoms with Crippen molar-refractivity contribution in [3.8, 4) is 11.5 Å². The Balaban J connectivity index is 2.63. The van der Waals surface area contributed by atoms with E-state index in [4.69, 9.17) is 21.1 Å². The van der Waals surface area contributed by atoms with Crippen LogP contribution in [0.4, 0.5) is 5.69 Å². The Hall–Kier alpha value is -1.42. The van der Waals surface area contributed by atoms with Gasteiger partial charge in [-0.05, 0) is 25.0 Å². The molecule has 1 rings (SSSR count). The van der Waals surface area contributed by atoms with Gasteiger partial charge in [0.1, 0.15) is 11.5 Å². The number of carbonyl (C=O) groups is 1. The summed E-state index contributed by atoms with van der Waals surface area (Å²) in [5.41, 5.74) is 0.647. The van der Waals surface area contributed by atoms with Crippen molar-refractivity contribution >= 4 is 23.2 Å². The fourth-order valence-electron chi connectivity index (χ4n) is 1.49. The van der Waals surface area contributed by atoms with Gasteiger partial charge in [-0.25, -0.2) is 0 Å². The van der Waals surface area contributed by atoms with E-state index in [-0.39, 0.29) is 5.91 Å². The van der Waals surface area contributed by atoms with Gasteiger partial charge < -0.3 is 14.8 Å². The van der Waals surface area contributed by atoms with Gasteiger partial charge >= 0.3 is 0 Å². The Morgan fingerprint density at radius 3 is 2.67 bits per heavy atom. The molecule has 4 nitrogen and oxygen atoms in total. The predicted octanol–water partition coefficient (Wildman–Crippen LogP) is 3.05. The van der Waals surface area contributed by atoms with Crippen molar-refractivity contribution in [2.75, 3.05) is 25.4 Å². The normalized spacial score (nSPS) is 9.94. The topological polar surface area (TPSA) is 47.6 Å². The summed E-state index contributed by atoms with van der Waals surface area (Å²) in [6, 6.07) is 5.27. The third kappa shape index (κ3) is 4.45. The highest BCUT2D eigenvalue weighted by molar-refractivity contribution is 6.17. The second-order valence-electron chi connectivity index (χ2n) is 3.76. The lowest BCUT2D eigenvalue weighted by molar-refractivity contribution is -0.116. The standard InChI is InChI=1S/C13H18ClNO3/c1-17-10-6-7-11(12(9-10)18-2)15-13(16)5-3-4-8-14/h6-7,9H,3-5,8H2,1-2H3,(H,15,16). The van der Waals surface area contributed by atoms with Crippen LogP contribution in [-0.4, -0.2) is 26.0 Å². The molecule has 0 heterocycles. The molecule has 0 aliphatic heterocycles. The van der Waals surface area contributed by atoms with E-state index in [2.05, 4.69) is 5.32 Å². The molecule has 0 fully saturated rings. The number of hydrogen-bond donors (Lipinski definition) is 1. The third-order valence-electron chi connectivity index (χ3n) is 2.47. The van der Waals surface area contributed by atoms with Crippen LogP contribution in [-0.2, 0) is 4.79 Å². The highest BCUT2D eigenvalue weighted by Gasteiger charge is 2.08. The Morgan fingerprint density at radius 2 is 2.06 bits per heavy atom. The van der Waals surface area contributed by atoms with Crippen molar-refractivity contribution in [3.63, 3.8) is 0 Å². The zero-order chi connectivity index (χ0) is 13.4. The Bertz CT molecular complexity index is 396. The van der Waals surface area contributed by atoms with Crippen LogP contribution in [0.15, 0.2) is 18.2 Å². The van der Waals surface area contributed by atoms with Gasteiger partial charge in [-0.15, -0.1) is 11.6 Å². The van der Waals surface area contributed by atoms with E-state index in [9.17, 15) is 4.79 Å². The molecule has 0 aliphatic rings. The third-order valence-corrected chi connectivity index (χ3v) is 2.74. The molecule has 0 atom stereocenters. The average molecular weight is 272 g/mol. The summed E-state index contributed by atoms with van der Waals surface area (Å²) in [5.74, 6) is 1.81. The molecule has 1 aromatic rings. The molecule has 0 saturated heterocycles. The Morgan fingerprint density at radius 1 is 1.28 bits per heavy atom. The van der Waals surface area contributed by atoms with E-state index < -0.39 is 0 Å². The van der Waals surface area contributed by atoms with E-state index >= 15 is 0 Å². The lowest BCUT2D eigenvalue weighted by Crippen LogP contribution is -2.12. The maximum atomic E-state index is 11.7. The Kier molecular flexibility index (Phi) is 6.36. The molecular weight excluding hydrogens is 254 g/mol. The smallest absolute Gasteiger partial charge is 0.224 e. The first-order chi connectivity index (χ1) is 8.71. The number of rotatable bonds is 7. The fraction of sp³-hybridized carbons (Fsp3) is 0.462. The second kappa shape index (κ2) is 7.82. The number of halogens is 1. The van der Waals surface area contributed by atoms with Crippen LogP contribution < -0.4 is 14.8 Å². The van der Waals surface area contributed by atoms with Gasteiger partial charge in [-0.3, -0.25) is 4.79 Å². The summed E-state index contributed by atoms with van der Waals surface area (Å²) in [7, 11) is 3.14. The van der Waals surface area contributed by atoms with Gasteiger partial charge in [0, 0.05) is 18.4 Å². The van der Waals surface area contributed by atoms with E-state index in [1.807, 2.05) is 0 Å². The van der Waals surface area contributed by atoms with Crippen LogP contribution in [0.1, 0.15) is 19.3 Å². The molecule has 0 aromatic heterocycles. The minimum Gasteiger partial charge on any atom is -0.497 e. The van der Waals surface area contributed by atoms with Crippen LogP contribution in [0, 0.1) is 0 Å². The minimum atomic E-state index is -0.0383. The highest BCUT2D eigenvalue weighted by atomic mass is 35.5. The van der Waals surface area contributed by atoms with Crippen molar-refractivity contribution in [2.45, 2.75) is 19.3 Å². The van der Waals surface area contributed by atoms with Gasteiger partial charge in [0.25, 0.3) is 0 Å². The van der Waals surface area contributed by atoms with Crippen molar-refractivity contribution in [3.05, 3.63) is 18.2 Å². The van der Waals surface area contributed by atoms with Gasteiger partial charge in [0.15, 0.2) is 0 Å². The van der Waals surface area contributed by atoms with E-state index in [1.165, 1.54) is 0 Å². The van der Waals surface area contributed by atoms with Gasteiger partial charge in [-0.2, -0.15) is 0 Å². The van der Waals surface area contributed by atoms with Gasteiger partial charge in [0.2, 0.25) is 5.91 Å². The number of alkyl halides is 1. The molecule has 0 unspecified atom stereocenters. The molecule has 0 radical (unpaired) electrons. The van der Waals surface area contributed by atoms with E-state index in [1.54, 1.807) is 32.4 Å². The number of unbranched alkanes of at least 4 members (excludes halogenated alkanes) is 1. The quantitative estimate of drug-likeness (QED) is 0.612. The zero-order valence-corrected chi connectivity index (χ0v) is 11.4. The SMILES string of the molecule is COc1ccc(NC(=O)CCCCCl)c(OC)c1. The number of anilines is 1. The first kappa shape index (κ1) is 14.6. The zero-order valence-electron chi connectivity index (χ0n) is 10.7. The first-order valence-electron chi connectivity index (χ1n) is 5.79. The molecule has 1 amide bonds. The molecule has 5 heteroatoms. The first-order valence-corrected chi connectivity index (χ1v) is 6.32. The summed E-state index contributed by atoms with van der Waals surface area (Å²) in [6.45, 7) is 0. The molecule has 1 aromatic carbocycles. The minimum absolute atomic E-state index is 0.0383. The van der Waals surface area contributed by atoms with Gasteiger partial charge in [0.05, 0.1) is 19.9 Å². The van der Waals surface area contributed by atoms with E-state index in [0.717, 1.165) is 12.8 Å². The predicted molar refractivity (Wildman–Crippen MR) is 72.7 cm³/mol. The molecule has 18 heavy (non-hydrogen) atoms. The molecule has 1 N–H and O–H groups in total. The summed E-state index contributed by atoms with van der Waals surface area (Å²) in [4.78, 5) is 11.7. The molecule has 0 spiro atoms.